The third-order valence-electron chi connectivity index (χ3n) is 2.22. The number of hydrogen-bond donors (Lipinski definition) is 1. The molecule has 0 saturated heterocycles. The molecule has 2 atom stereocenters. The predicted octanol–water partition coefficient (Wildman–Crippen LogP) is 2.58. The summed E-state index contributed by atoms with van der Waals surface area (Å²) in [4.78, 5) is 0. The van der Waals surface area contributed by atoms with Gasteiger partial charge in [-0.05, 0) is 26.7 Å². The molecule has 0 aromatic carbocycles. The first-order valence-electron chi connectivity index (χ1n) is 5.58. The van der Waals surface area contributed by atoms with Crippen molar-refractivity contribution in [3.8, 4) is 0 Å². The van der Waals surface area contributed by atoms with E-state index in [1.807, 2.05) is 6.92 Å². The van der Waals surface area contributed by atoms with Crippen LogP contribution in [0.1, 0.15) is 47.0 Å². The summed E-state index contributed by atoms with van der Waals surface area (Å²) < 4.78 is 5.36. The summed E-state index contributed by atoms with van der Waals surface area (Å²) in [6, 6.07) is 1.15. The smallest absolute Gasteiger partial charge is 0.0616 e. The molecule has 1 N–H and O–H groups in total. The Labute approximate surface area is 83.1 Å². The van der Waals surface area contributed by atoms with Crippen molar-refractivity contribution in [2.75, 3.05) is 13.2 Å². The Morgan fingerprint density at radius 3 is 2.38 bits per heavy atom. The van der Waals surface area contributed by atoms with Crippen molar-refractivity contribution in [3.63, 3.8) is 0 Å². The SMILES string of the molecule is CCCC(CC)NC(C)COCC. The number of hydrogen-bond acceptors (Lipinski definition) is 2. The van der Waals surface area contributed by atoms with Gasteiger partial charge >= 0.3 is 0 Å². The molecule has 80 valence electrons. The molecule has 0 rings (SSSR count). The average molecular weight is 187 g/mol. The summed E-state index contributed by atoms with van der Waals surface area (Å²) >= 11 is 0. The van der Waals surface area contributed by atoms with Crippen LogP contribution in [0.5, 0.6) is 0 Å². The quantitative estimate of drug-likeness (QED) is 0.630. The molecule has 2 unspecified atom stereocenters. The molecule has 0 bridgehead atoms. The Morgan fingerprint density at radius 2 is 1.92 bits per heavy atom. The van der Waals surface area contributed by atoms with Crippen molar-refractivity contribution in [2.24, 2.45) is 0 Å². The molecule has 0 saturated carbocycles. The molecule has 0 aliphatic heterocycles. The van der Waals surface area contributed by atoms with Gasteiger partial charge < -0.3 is 10.1 Å². The van der Waals surface area contributed by atoms with Gasteiger partial charge in [-0.2, -0.15) is 0 Å². The summed E-state index contributed by atoms with van der Waals surface area (Å²) in [5, 5.41) is 3.58. The molecule has 0 spiro atoms. The van der Waals surface area contributed by atoms with Crippen LogP contribution in [0.4, 0.5) is 0 Å². The van der Waals surface area contributed by atoms with E-state index < -0.39 is 0 Å². The van der Waals surface area contributed by atoms with Gasteiger partial charge in [-0.3, -0.25) is 0 Å². The number of nitrogens with one attached hydrogen (secondary N) is 1. The lowest BCUT2D eigenvalue weighted by atomic mass is 10.1. The lowest BCUT2D eigenvalue weighted by molar-refractivity contribution is 0.122. The van der Waals surface area contributed by atoms with Gasteiger partial charge in [-0.25, -0.2) is 0 Å². The molecule has 2 heteroatoms. The van der Waals surface area contributed by atoms with Crippen molar-refractivity contribution in [3.05, 3.63) is 0 Å². The van der Waals surface area contributed by atoms with E-state index in [0.717, 1.165) is 13.2 Å². The fourth-order valence-corrected chi connectivity index (χ4v) is 1.50. The zero-order valence-corrected chi connectivity index (χ0v) is 9.60. The maximum atomic E-state index is 5.36. The third-order valence-corrected chi connectivity index (χ3v) is 2.22. The first-order valence-corrected chi connectivity index (χ1v) is 5.58. The Balaban J connectivity index is 3.53. The Bertz CT molecular complexity index is 106. The van der Waals surface area contributed by atoms with E-state index in [1.165, 1.54) is 19.3 Å². The van der Waals surface area contributed by atoms with E-state index in [9.17, 15) is 0 Å². The highest BCUT2D eigenvalue weighted by Crippen LogP contribution is 2.02. The van der Waals surface area contributed by atoms with E-state index in [-0.39, 0.29) is 0 Å². The van der Waals surface area contributed by atoms with Crippen molar-refractivity contribution in [1.29, 1.82) is 0 Å². The molecule has 0 radical (unpaired) electrons. The largest absolute Gasteiger partial charge is 0.380 e. The molecule has 0 aromatic heterocycles. The third kappa shape index (κ3) is 7.03. The second kappa shape index (κ2) is 8.52. The highest BCUT2D eigenvalue weighted by atomic mass is 16.5. The monoisotopic (exact) mass is 187 g/mol. The standard InChI is InChI=1S/C11H25NO/c1-5-8-11(6-2)12-10(4)9-13-7-3/h10-12H,5-9H2,1-4H3. The topological polar surface area (TPSA) is 21.3 Å². The van der Waals surface area contributed by atoms with Crippen LogP contribution in [-0.2, 0) is 4.74 Å². The molecular formula is C11H25NO. The molecule has 0 fully saturated rings. The van der Waals surface area contributed by atoms with Crippen LogP contribution < -0.4 is 5.32 Å². The molecule has 0 aliphatic rings. The van der Waals surface area contributed by atoms with E-state index in [1.54, 1.807) is 0 Å². The minimum absolute atomic E-state index is 0.483. The normalized spacial score (nSPS) is 15.7. The molecule has 13 heavy (non-hydrogen) atoms. The van der Waals surface area contributed by atoms with Gasteiger partial charge in [0.2, 0.25) is 0 Å². The van der Waals surface area contributed by atoms with E-state index in [4.69, 9.17) is 4.74 Å². The van der Waals surface area contributed by atoms with Gasteiger partial charge in [0, 0.05) is 18.7 Å². The maximum absolute atomic E-state index is 5.36. The molecule has 0 aliphatic carbocycles. The van der Waals surface area contributed by atoms with Crippen LogP contribution in [0.15, 0.2) is 0 Å². The summed E-state index contributed by atoms with van der Waals surface area (Å²) in [5.41, 5.74) is 0. The molecule has 0 heterocycles. The second-order valence-electron chi connectivity index (χ2n) is 3.62. The van der Waals surface area contributed by atoms with Crippen molar-refractivity contribution < 1.29 is 4.74 Å². The minimum atomic E-state index is 0.483. The number of ether oxygens (including phenoxy) is 1. The minimum Gasteiger partial charge on any atom is -0.380 e. The lowest BCUT2D eigenvalue weighted by Crippen LogP contribution is -2.38. The molecular weight excluding hydrogens is 162 g/mol. The molecule has 2 nitrogen and oxygen atoms in total. The van der Waals surface area contributed by atoms with E-state index in [2.05, 4.69) is 26.1 Å². The van der Waals surface area contributed by atoms with Crippen LogP contribution in [0.3, 0.4) is 0 Å². The van der Waals surface area contributed by atoms with E-state index in [0.29, 0.717) is 12.1 Å². The van der Waals surface area contributed by atoms with Crippen LogP contribution in [0.2, 0.25) is 0 Å². The fraction of sp³-hybridized carbons (Fsp3) is 1.00. The summed E-state index contributed by atoms with van der Waals surface area (Å²) in [7, 11) is 0. The zero-order valence-electron chi connectivity index (χ0n) is 9.60. The lowest BCUT2D eigenvalue weighted by Gasteiger charge is -2.21. The fourth-order valence-electron chi connectivity index (χ4n) is 1.50. The summed E-state index contributed by atoms with van der Waals surface area (Å²) in [6.07, 6.45) is 3.74. The Morgan fingerprint density at radius 1 is 1.23 bits per heavy atom. The van der Waals surface area contributed by atoms with Crippen molar-refractivity contribution in [2.45, 2.75) is 59.0 Å². The number of rotatable bonds is 8. The first-order chi connectivity index (χ1) is 6.24. The van der Waals surface area contributed by atoms with Crippen LogP contribution in [0, 0.1) is 0 Å². The summed E-state index contributed by atoms with van der Waals surface area (Å²) in [6.45, 7) is 10.3. The van der Waals surface area contributed by atoms with Crippen molar-refractivity contribution >= 4 is 0 Å². The molecule has 0 amide bonds. The van der Waals surface area contributed by atoms with Gasteiger partial charge in [0.1, 0.15) is 0 Å². The van der Waals surface area contributed by atoms with Gasteiger partial charge in [0.05, 0.1) is 6.61 Å². The van der Waals surface area contributed by atoms with E-state index >= 15 is 0 Å². The Hall–Kier alpha value is -0.0800. The zero-order chi connectivity index (χ0) is 10.1. The first kappa shape index (κ1) is 12.9. The van der Waals surface area contributed by atoms with Crippen LogP contribution in [-0.4, -0.2) is 25.3 Å². The van der Waals surface area contributed by atoms with Crippen LogP contribution in [0.25, 0.3) is 0 Å². The Kier molecular flexibility index (Phi) is 8.46. The predicted molar refractivity (Wildman–Crippen MR) is 58.1 cm³/mol. The second-order valence-corrected chi connectivity index (χ2v) is 3.62. The van der Waals surface area contributed by atoms with Gasteiger partial charge in [0.25, 0.3) is 0 Å². The van der Waals surface area contributed by atoms with Gasteiger partial charge in [-0.1, -0.05) is 20.3 Å². The van der Waals surface area contributed by atoms with Gasteiger partial charge in [0.15, 0.2) is 0 Å². The highest BCUT2D eigenvalue weighted by Gasteiger charge is 2.08. The van der Waals surface area contributed by atoms with Crippen LogP contribution >= 0.6 is 0 Å². The maximum Gasteiger partial charge on any atom is 0.0616 e. The average Bonchev–Trinajstić information content (AvgIpc) is 2.14. The van der Waals surface area contributed by atoms with Gasteiger partial charge in [-0.15, -0.1) is 0 Å². The summed E-state index contributed by atoms with van der Waals surface area (Å²) in [5.74, 6) is 0. The van der Waals surface area contributed by atoms with Crippen molar-refractivity contribution in [1.82, 2.24) is 5.32 Å². The highest BCUT2D eigenvalue weighted by molar-refractivity contribution is 4.69. The molecule has 0 aromatic rings.